The van der Waals surface area contributed by atoms with Crippen LogP contribution >= 0.6 is 0 Å². The number of aryl methyl sites for hydroxylation is 12. The molecular formula is C111H92B3N3. The highest BCUT2D eigenvalue weighted by atomic mass is 14.7. The lowest BCUT2D eigenvalue weighted by Crippen LogP contribution is -2.55. The molecule has 0 saturated heterocycles. The Morgan fingerprint density at radius 2 is 0.419 bits per heavy atom. The van der Waals surface area contributed by atoms with Gasteiger partial charge in [0.1, 0.15) is 0 Å². The largest absolute Gasteiger partial charge is 0.256 e. The van der Waals surface area contributed by atoms with Crippen molar-refractivity contribution in [3.8, 4) is 22.3 Å². The molecule has 0 N–H and O–H groups in total. The first-order valence-electron chi connectivity index (χ1n) is 41.2. The fourth-order valence-corrected chi connectivity index (χ4v) is 19.5. The lowest BCUT2D eigenvalue weighted by molar-refractivity contribution is 1.40. The first-order valence-corrected chi connectivity index (χ1v) is 41.2. The highest BCUT2D eigenvalue weighted by Gasteiger charge is 2.32. The summed E-state index contributed by atoms with van der Waals surface area (Å²) >= 11 is 0. The lowest BCUT2D eigenvalue weighted by atomic mass is 9.34. The summed E-state index contributed by atoms with van der Waals surface area (Å²) in [6.07, 6.45) is 6.06. The molecule has 0 aliphatic heterocycles. The van der Waals surface area contributed by atoms with E-state index >= 15 is 0 Å². The van der Waals surface area contributed by atoms with Crippen molar-refractivity contribution < 1.29 is 0 Å². The Kier molecular flexibility index (Phi) is 20.2. The maximum absolute atomic E-state index is 4.94. The summed E-state index contributed by atoms with van der Waals surface area (Å²) in [4.78, 5) is 14.7. The SMILES string of the molecule is Cc1cccc(C)c1B(c1ccc(-c2ccc3c(c2)ncc2ccc4ccccc4c23)cc1)c1c(C)cccc1C.Cc1cccc(C)c1B(c1ccc2c(c1)ncc1ccc3ccccc3c12)c1c(C)cccc1C.Cc1cccc(C)c1B(c1cccc(-c2ccc3c(c2)ncc2ccc4ccccc4c23)c1)c1c(C)cccc1C. The van der Waals surface area contributed by atoms with Gasteiger partial charge >= 0.3 is 0 Å². The highest BCUT2D eigenvalue weighted by molar-refractivity contribution is 6.98. The van der Waals surface area contributed by atoms with Crippen molar-refractivity contribution in [3.63, 3.8) is 0 Å². The zero-order chi connectivity index (χ0) is 80.3. The van der Waals surface area contributed by atoms with E-state index in [4.69, 9.17) is 15.0 Å². The normalized spacial score (nSPS) is 11.4. The molecule has 20 rings (SSSR count). The molecule has 3 nitrogen and oxygen atoms in total. The van der Waals surface area contributed by atoms with E-state index in [1.807, 2.05) is 18.6 Å². The summed E-state index contributed by atoms with van der Waals surface area (Å²) in [5, 5.41) is 18.6. The molecule has 0 amide bonds. The summed E-state index contributed by atoms with van der Waals surface area (Å²) < 4.78 is 0. The molecule has 17 aromatic carbocycles. The second-order valence-corrected chi connectivity index (χ2v) is 32.6. The van der Waals surface area contributed by atoms with E-state index in [0.717, 1.165) is 16.6 Å². The highest BCUT2D eigenvalue weighted by Crippen LogP contribution is 2.37. The smallest absolute Gasteiger partial charge is 0.242 e. The van der Waals surface area contributed by atoms with Crippen LogP contribution in [0.25, 0.3) is 120 Å². The quantitative estimate of drug-likeness (QED) is 0.0957. The van der Waals surface area contributed by atoms with Crippen molar-refractivity contribution in [1.82, 2.24) is 15.0 Å². The van der Waals surface area contributed by atoms with Crippen LogP contribution in [0.15, 0.2) is 340 Å². The topological polar surface area (TPSA) is 38.7 Å². The minimum atomic E-state index is 0.159. The predicted octanol–water partition coefficient (Wildman–Crippen LogP) is 22.2. The average molecular weight is 1500 g/mol. The Bertz CT molecular complexity index is 7050. The van der Waals surface area contributed by atoms with Crippen molar-refractivity contribution in [2.45, 2.75) is 83.1 Å². The molecule has 0 aliphatic carbocycles. The lowest BCUT2D eigenvalue weighted by Gasteiger charge is -2.24. The molecule has 560 valence electrons. The molecule has 3 heterocycles. The minimum absolute atomic E-state index is 0.159. The third kappa shape index (κ3) is 14.0. The average Bonchev–Trinajstić information content (AvgIpc) is 0.760. The van der Waals surface area contributed by atoms with Crippen LogP contribution in [0.1, 0.15) is 66.8 Å². The first-order chi connectivity index (χ1) is 57.0. The predicted molar refractivity (Wildman–Crippen MR) is 511 cm³/mol. The third-order valence-electron chi connectivity index (χ3n) is 25.2. The van der Waals surface area contributed by atoms with Crippen LogP contribution in [-0.4, -0.2) is 35.1 Å². The number of nitrogens with zero attached hydrogens (tertiary/aromatic N) is 3. The van der Waals surface area contributed by atoms with Gasteiger partial charge < -0.3 is 0 Å². The fraction of sp³-hybridized carbons (Fsp3) is 0.108. The van der Waals surface area contributed by atoms with Crippen molar-refractivity contribution in [3.05, 3.63) is 407 Å². The Hall–Kier alpha value is -13.3. The van der Waals surface area contributed by atoms with Crippen molar-refractivity contribution in [2.24, 2.45) is 0 Å². The van der Waals surface area contributed by atoms with Gasteiger partial charge in [-0.1, -0.05) is 419 Å². The molecule has 0 radical (unpaired) electrons. The molecule has 0 bridgehead atoms. The maximum Gasteiger partial charge on any atom is 0.242 e. The molecule has 0 unspecified atom stereocenters. The van der Waals surface area contributed by atoms with Gasteiger partial charge in [0, 0.05) is 67.1 Å². The van der Waals surface area contributed by atoms with Gasteiger partial charge in [-0.15, -0.1) is 0 Å². The Morgan fingerprint density at radius 1 is 0.171 bits per heavy atom. The van der Waals surface area contributed by atoms with E-state index in [0.29, 0.717) is 0 Å². The van der Waals surface area contributed by atoms with Gasteiger partial charge in [-0.25, -0.2) is 0 Å². The monoisotopic (exact) mass is 1500 g/mol. The molecule has 0 aliphatic rings. The molecule has 3 aromatic heterocycles. The summed E-state index contributed by atoms with van der Waals surface area (Å²) in [6.45, 7) is 27.4. The number of benzene rings is 17. The van der Waals surface area contributed by atoms with E-state index in [9.17, 15) is 0 Å². The second kappa shape index (κ2) is 31.5. The Labute approximate surface area is 689 Å². The molecule has 0 saturated carbocycles. The number of pyridine rings is 3. The number of hydrogen-bond acceptors (Lipinski definition) is 3. The van der Waals surface area contributed by atoms with Gasteiger partial charge in [-0.3, -0.25) is 15.0 Å². The van der Waals surface area contributed by atoms with Gasteiger partial charge in [0.05, 0.1) is 16.6 Å². The zero-order valence-corrected chi connectivity index (χ0v) is 68.9. The number of rotatable bonds is 11. The van der Waals surface area contributed by atoms with Crippen LogP contribution in [0.4, 0.5) is 0 Å². The summed E-state index contributed by atoms with van der Waals surface area (Å²) in [6, 6.07) is 118. The Balaban J connectivity index is 0.000000122. The standard InChI is InChI=1S/2C39H32BN.C33H28BN/c1-25-10-7-11-26(2)38(25)40(39-27(3)12-8-13-28(39)4)33-16-9-15-30(22-33)31-20-21-35-36(23-31)41-24-32-19-18-29-14-5-6-17-34(29)37(32)35;1-25-9-7-10-26(2)38(25)40(39-27(3)11-8-12-28(39)4)33-20-17-29(18-21-33)31-19-22-35-36(23-31)41-24-32-16-15-30-13-5-6-14-34(30)37(32)35;1-21-9-7-10-22(2)32(21)34(33-23(3)11-8-12-24(33)4)27-17-18-29-30(19-27)35-20-26-16-15-25-13-5-6-14-28(25)31(26)29/h2*5-24H,1-4H3;5-20H,1-4H3. The van der Waals surface area contributed by atoms with E-state index in [1.54, 1.807) is 0 Å². The van der Waals surface area contributed by atoms with Gasteiger partial charge in [-0.05, 0) is 156 Å². The van der Waals surface area contributed by atoms with Gasteiger partial charge in [0.2, 0.25) is 20.1 Å². The van der Waals surface area contributed by atoms with Crippen molar-refractivity contribution in [2.75, 3.05) is 0 Å². The van der Waals surface area contributed by atoms with Crippen LogP contribution in [0.3, 0.4) is 0 Å². The van der Waals surface area contributed by atoms with Crippen LogP contribution < -0.4 is 49.2 Å². The van der Waals surface area contributed by atoms with Crippen LogP contribution in [0.2, 0.25) is 0 Å². The summed E-state index contributed by atoms with van der Waals surface area (Å²) in [5.74, 6) is 0. The second-order valence-electron chi connectivity index (χ2n) is 32.6. The van der Waals surface area contributed by atoms with Gasteiger partial charge in [0.15, 0.2) is 0 Å². The van der Waals surface area contributed by atoms with E-state index < -0.39 is 0 Å². The van der Waals surface area contributed by atoms with E-state index in [2.05, 4.69) is 405 Å². The van der Waals surface area contributed by atoms with Crippen molar-refractivity contribution in [1.29, 1.82) is 0 Å². The summed E-state index contributed by atoms with van der Waals surface area (Å²) in [5.41, 5.74) is 36.2. The molecule has 20 aromatic rings. The van der Waals surface area contributed by atoms with E-state index in [1.165, 1.54) is 219 Å². The number of fused-ring (bicyclic) bond motifs is 15. The van der Waals surface area contributed by atoms with Gasteiger partial charge in [-0.2, -0.15) is 0 Å². The molecule has 0 fully saturated rings. The molecule has 117 heavy (non-hydrogen) atoms. The minimum Gasteiger partial charge on any atom is -0.256 e. The van der Waals surface area contributed by atoms with Crippen molar-refractivity contribution >= 4 is 167 Å². The fourth-order valence-electron chi connectivity index (χ4n) is 19.5. The third-order valence-corrected chi connectivity index (χ3v) is 25.2. The molecule has 6 heteroatoms. The van der Waals surface area contributed by atoms with Gasteiger partial charge in [0.25, 0.3) is 0 Å². The molecule has 0 atom stereocenters. The Morgan fingerprint density at radius 3 is 0.761 bits per heavy atom. The zero-order valence-electron chi connectivity index (χ0n) is 68.9. The molecule has 0 spiro atoms. The maximum atomic E-state index is 4.94. The summed E-state index contributed by atoms with van der Waals surface area (Å²) in [7, 11) is 0. The molecular weight excluding hydrogens is 1410 g/mol. The first kappa shape index (κ1) is 75.1. The van der Waals surface area contributed by atoms with Crippen LogP contribution in [-0.2, 0) is 0 Å². The van der Waals surface area contributed by atoms with E-state index in [-0.39, 0.29) is 20.1 Å². The van der Waals surface area contributed by atoms with Crippen LogP contribution in [0, 0.1) is 83.1 Å². The van der Waals surface area contributed by atoms with Crippen LogP contribution in [0.5, 0.6) is 0 Å². The number of aromatic nitrogens is 3. The number of hydrogen-bond donors (Lipinski definition) is 0.